The second kappa shape index (κ2) is 7.20. The highest BCUT2D eigenvalue weighted by atomic mass is 32.2. The highest BCUT2D eigenvalue weighted by Crippen LogP contribution is 2.15. The van der Waals surface area contributed by atoms with E-state index in [9.17, 15) is 14.3 Å². The molecule has 6 nitrogen and oxygen atoms in total. The number of likely N-dealkylation sites (N-methyl/N-ethyl adjacent to an activating group) is 1. The minimum atomic E-state index is -1.20. The van der Waals surface area contributed by atoms with Crippen molar-refractivity contribution in [3.63, 3.8) is 0 Å². The standard InChI is InChI=1S/C11H16N2O4S/c1-12-9(7-17-2)8-18(16)11-5-3-10(4-6-11)13(14)15/h3-6,9,12H,7-8H2,1-2H3. The summed E-state index contributed by atoms with van der Waals surface area (Å²) in [4.78, 5) is 10.6. The van der Waals surface area contributed by atoms with E-state index in [1.54, 1.807) is 14.2 Å². The lowest BCUT2D eigenvalue weighted by atomic mass is 10.3. The number of hydrogen-bond donors (Lipinski definition) is 1. The lowest BCUT2D eigenvalue weighted by Gasteiger charge is -2.14. The van der Waals surface area contributed by atoms with Crippen LogP contribution in [0, 0.1) is 10.1 Å². The van der Waals surface area contributed by atoms with Gasteiger partial charge in [0.15, 0.2) is 0 Å². The van der Waals surface area contributed by atoms with Crippen molar-refractivity contribution in [3.05, 3.63) is 34.4 Å². The van der Waals surface area contributed by atoms with E-state index in [0.29, 0.717) is 17.3 Å². The lowest BCUT2D eigenvalue weighted by molar-refractivity contribution is -0.384. The van der Waals surface area contributed by atoms with Gasteiger partial charge in [-0.05, 0) is 19.2 Å². The molecule has 1 rings (SSSR count). The van der Waals surface area contributed by atoms with E-state index >= 15 is 0 Å². The monoisotopic (exact) mass is 272 g/mol. The van der Waals surface area contributed by atoms with E-state index in [0.717, 1.165) is 0 Å². The number of nitro benzene ring substituents is 1. The molecular formula is C11H16N2O4S. The molecular weight excluding hydrogens is 256 g/mol. The third-order valence-corrected chi connectivity index (χ3v) is 3.94. The van der Waals surface area contributed by atoms with E-state index < -0.39 is 15.7 Å². The fourth-order valence-electron chi connectivity index (χ4n) is 1.41. The fraction of sp³-hybridized carbons (Fsp3) is 0.455. The molecule has 100 valence electrons. The van der Waals surface area contributed by atoms with Crippen molar-refractivity contribution in [2.45, 2.75) is 10.9 Å². The fourth-order valence-corrected chi connectivity index (χ4v) is 2.67. The summed E-state index contributed by atoms with van der Waals surface area (Å²) >= 11 is 0. The van der Waals surface area contributed by atoms with Crippen molar-refractivity contribution in [3.8, 4) is 0 Å². The molecule has 7 heteroatoms. The Morgan fingerprint density at radius 1 is 1.44 bits per heavy atom. The molecule has 2 unspecified atom stereocenters. The predicted molar refractivity (Wildman–Crippen MR) is 69.1 cm³/mol. The van der Waals surface area contributed by atoms with Crippen LogP contribution in [0.3, 0.4) is 0 Å². The number of nitrogens with one attached hydrogen (secondary N) is 1. The maximum atomic E-state index is 12.0. The second-order valence-electron chi connectivity index (χ2n) is 3.70. The van der Waals surface area contributed by atoms with Gasteiger partial charge in [0.1, 0.15) is 0 Å². The van der Waals surface area contributed by atoms with E-state index in [4.69, 9.17) is 4.74 Å². The van der Waals surface area contributed by atoms with Gasteiger partial charge in [-0.1, -0.05) is 0 Å². The Kier molecular flexibility index (Phi) is 5.90. The van der Waals surface area contributed by atoms with Gasteiger partial charge >= 0.3 is 0 Å². The molecule has 0 bridgehead atoms. The molecule has 0 aromatic heterocycles. The van der Waals surface area contributed by atoms with E-state index in [-0.39, 0.29) is 11.7 Å². The SMILES string of the molecule is CNC(COC)CS(=O)c1ccc([N+](=O)[O-])cc1. The predicted octanol–water partition coefficient (Wildman–Crippen LogP) is 0.937. The van der Waals surface area contributed by atoms with Crippen LogP contribution in [0.15, 0.2) is 29.2 Å². The molecule has 0 heterocycles. The van der Waals surface area contributed by atoms with Gasteiger partial charge in [-0.2, -0.15) is 0 Å². The highest BCUT2D eigenvalue weighted by Gasteiger charge is 2.13. The zero-order valence-electron chi connectivity index (χ0n) is 10.3. The first-order valence-corrected chi connectivity index (χ1v) is 6.69. The van der Waals surface area contributed by atoms with E-state index in [2.05, 4.69) is 5.32 Å². The van der Waals surface area contributed by atoms with Gasteiger partial charge in [0.05, 0.1) is 22.3 Å². The van der Waals surface area contributed by atoms with Crippen LogP contribution in [0.1, 0.15) is 0 Å². The van der Waals surface area contributed by atoms with Crippen molar-refractivity contribution in [1.82, 2.24) is 5.32 Å². The molecule has 0 fully saturated rings. The van der Waals surface area contributed by atoms with Crippen LogP contribution in [-0.4, -0.2) is 41.7 Å². The number of methoxy groups -OCH3 is 1. The Labute approximate surface area is 108 Å². The summed E-state index contributed by atoms with van der Waals surface area (Å²) in [6, 6.07) is 5.75. The summed E-state index contributed by atoms with van der Waals surface area (Å²) in [6.45, 7) is 0.467. The molecule has 0 spiro atoms. The largest absolute Gasteiger partial charge is 0.383 e. The smallest absolute Gasteiger partial charge is 0.269 e. The number of nitro groups is 1. The molecule has 0 saturated heterocycles. The Hall–Kier alpha value is -1.31. The summed E-state index contributed by atoms with van der Waals surface area (Å²) in [5, 5.41) is 13.5. The number of hydrogen-bond acceptors (Lipinski definition) is 5. The molecule has 2 atom stereocenters. The molecule has 0 aliphatic heterocycles. The van der Waals surface area contributed by atoms with Crippen molar-refractivity contribution in [1.29, 1.82) is 0 Å². The van der Waals surface area contributed by atoms with Crippen molar-refractivity contribution in [2.24, 2.45) is 0 Å². The Bertz CT molecular complexity index is 422. The van der Waals surface area contributed by atoms with E-state index in [1.807, 2.05) is 0 Å². The average Bonchev–Trinajstić information content (AvgIpc) is 2.38. The summed E-state index contributed by atoms with van der Waals surface area (Å²) in [5.41, 5.74) is -0.00203. The molecule has 18 heavy (non-hydrogen) atoms. The minimum absolute atomic E-state index is 0.00203. The molecule has 1 aromatic rings. The summed E-state index contributed by atoms with van der Waals surface area (Å²) < 4.78 is 17.0. The van der Waals surface area contributed by atoms with Crippen molar-refractivity contribution >= 4 is 16.5 Å². The Morgan fingerprint density at radius 3 is 2.50 bits per heavy atom. The quantitative estimate of drug-likeness (QED) is 0.590. The van der Waals surface area contributed by atoms with Crippen LogP contribution in [0.25, 0.3) is 0 Å². The number of benzene rings is 1. The zero-order chi connectivity index (χ0) is 13.5. The van der Waals surface area contributed by atoms with Crippen molar-refractivity contribution < 1.29 is 13.9 Å². The van der Waals surface area contributed by atoms with Gasteiger partial charge < -0.3 is 10.1 Å². The number of rotatable bonds is 7. The third-order valence-electron chi connectivity index (χ3n) is 2.44. The first kappa shape index (κ1) is 14.7. The van der Waals surface area contributed by atoms with Gasteiger partial charge in [0.2, 0.25) is 0 Å². The summed E-state index contributed by atoms with van der Waals surface area (Å²) in [5.74, 6) is 0.405. The zero-order valence-corrected chi connectivity index (χ0v) is 11.1. The first-order valence-electron chi connectivity index (χ1n) is 5.37. The van der Waals surface area contributed by atoms with E-state index in [1.165, 1.54) is 24.3 Å². The molecule has 1 aromatic carbocycles. The maximum absolute atomic E-state index is 12.0. The van der Waals surface area contributed by atoms with Crippen molar-refractivity contribution in [2.75, 3.05) is 26.5 Å². The molecule has 0 saturated carbocycles. The maximum Gasteiger partial charge on any atom is 0.269 e. The first-order chi connectivity index (χ1) is 8.58. The molecule has 1 N–H and O–H groups in total. The van der Waals surface area contributed by atoms with Gasteiger partial charge in [-0.3, -0.25) is 14.3 Å². The highest BCUT2D eigenvalue weighted by molar-refractivity contribution is 7.85. The van der Waals surface area contributed by atoms with Crippen LogP contribution in [-0.2, 0) is 15.5 Å². The van der Waals surface area contributed by atoms with Gasteiger partial charge in [-0.25, -0.2) is 0 Å². The molecule has 0 aliphatic rings. The minimum Gasteiger partial charge on any atom is -0.383 e. The Balaban J connectivity index is 2.69. The number of non-ortho nitro benzene ring substituents is 1. The molecule has 0 aliphatic carbocycles. The number of nitrogens with zero attached hydrogens (tertiary/aromatic N) is 1. The van der Waals surface area contributed by atoms with Crippen LogP contribution in [0.4, 0.5) is 5.69 Å². The third kappa shape index (κ3) is 4.17. The van der Waals surface area contributed by atoms with Crippen LogP contribution in [0.2, 0.25) is 0 Å². The molecule has 0 amide bonds. The van der Waals surface area contributed by atoms with Crippen LogP contribution < -0.4 is 5.32 Å². The number of ether oxygens (including phenoxy) is 1. The van der Waals surface area contributed by atoms with Gasteiger partial charge in [0.25, 0.3) is 5.69 Å². The van der Waals surface area contributed by atoms with Gasteiger partial charge in [0, 0.05) is 35.9 Å². The second-order valence-corrected chi connectivity index (χ2v) is 5.20. The Morgan fingerprint density at radius 2 is 2.06 bits per heavy atom. The van der Waals surface area contributed by atoms with Crippen LogP contribution >= 0.6 is 0 Å². The van der Waals surface area contributed by atoms with Crippen LogP contribution in [0.5, 0.6) is 0 Å². The average molecular weight is 272 g/mol. The summed E-state index contributed by atoms with van der Waals surface area (Å²) in [7, 11) is 2.16. The summed E-state index contributed by atoms with van der Waals surface area (Å²) in [6.07, 6.45) is 0. The van der Waals surface area contributed by atoms with Gasteiger partial charge in [-0.15, -0.1) is 0 Å². The topological polar surface area (TPSA) is 81.5 Å². The molecule has 0 radical (unpaired) electrons. The normalized spacial score (nSPS) is 14.1. The lowest BCUT2D eigenvalue weighted by Crippen LogP contribution is -2.35.